The molecule has 1 unspecified atom stereocenters. The summed E-state index contributed by atoms with van der Waals surface area (Å²) in [6, 6.07) is 4.09. The van der Waals surface area contributed by atoms with Gasteiger partial charge in [0.2, 0.25) is 0 Å². The highest BCUT2D eigenvalue weighted by molar-refractivity contribution is 9.10. The summed E-state index contributed by atoms with van der Waals surface area (Å²) in [5, 5.41) is 0. The minimum Gasteiger partial charge on any atom is -0.496 e. The van der Waals surface area contributed by atoms with Gasteiger partial charge < -0.3 is 9.47 Å². The first-order chi connectivity index (χ1) is 8.15. The van der Waals surface area contributed by atoms with Crippen molar-refractivity contribution in [3.63, 3.8) is 0 Å². The Labute approximate surface area is 109 Å². The molecule has 17 heavy (non-hydrogen) atoms. The third-order valence-corrected chi connectivity index (χ3v) is 3.86. The minimum absolute atomic E-state index is 0.0154. The lowest BCUT2D eigenvalue weighted by atomic mass is 9.84. The molecule has 0 aromatic heterocycles. The highest BCUT2D eigenvalue weighted by Crippen LogP contribution is 2.34. The molecule has 2 rings (SSSR count). The van der Waals surface area contributed by atoms with E-state index in [0.717, 1.165) is 29.5 Å². The Bertz CT molecular complexity index is 443. The van der Waals surface area contributed by atoms with Gasteiger partial charge in [-0.2, -0.15) is 0 Å². The molecule has 0 saturated carbocycles. The van der Waals surface area contributed by atoms with Gasteiger partial charge in [0, 0.05) is 0 Å². The number of fused-ring (bicyclic) bond motifs is 1. The lowest BCUT2D eigenvalue weighted by molar-refractivity contribution is -0.145. The van der Waals surface area contributed by atoms with E-state index in [1.165, 1.54) is 18.2 Å². The molecule has 1 aliphatic carbocycles. The normalized spacial score (nSPS) is 18.4. The summed E-state index contributed by atoms with van der Waals surface area (Å²) in [6.07, 6.45) is 2.52. The third-order valence-electron chi connectivity index (χ3n) is 3.24. The molecule has 0 N–H and O–H groups in total. The lowest BCUT2D eigenvalue weighted by Crippen LogP contribution is -2.23. The van der Waals surface area contributed by atoms with E-state index in [4.69, 9.17) is 9.47 Å². The van der Waals surface area contributed by atoms with Crippen molar-refractivity contribution < 1.29 is 14.3 Å². The molecule has 1 atom stereocenters. The summed E-state index contributed by atoms with van der Waals surface area (Å²) in [4.78, 5) is 11.5. The monoisotopic (exact) mass is 298 g/mol. The van der Waals surface area contributed by atoms with Crippen LogP contribution < -0.4 is 4.74 Å². The molecule has 1 aliphatic rings. The summed E-state index contributed by atoms with van der Waals surface area (Å²) in [5.41, 5.74) is 2.48. The van der Waals surface area contributed by atoms with Gasteiger partial charge in [0.05, 0.1) is 24.6 Å². The van der Waals surface area contributed by atoms with Gasteiger partial charge in [-0.05, 0) is 58.5 Å². The van der Waals surface area contributed by atoms with E-state index in [1.807, 2.05) is 6.07 Å². The van der Waals surface area contributed by atoms with Crippen LogP contribution in [0.25, 0.3) is 0 Å². The molecule has 92 valence electrons. The van der Waals surface area contributed by atoms with Gasteiger partial charge >= 0.3 is 5.97 Å². The molecule has 0 spiro atoms. The summed E-state index contributed by atoms with van der Waals surface area (Å²) in [5.74, 6) is 0.685. The van der Waals surface area contributed by atoms with E-state index < -0.39 is 0 Å². The van der Waals surface area contributed by atoms with Gasteiger partial charge in [0.25, 0.3) is 0 Å². The molecule has 1 aromatic rings. The summed E-state index contributed by atoms with van der Waals surface area (Å²) in [7, 11) is 3.09. The number of methoxy groups -OCH3 is 2. The highest BCUT2D eigenvalue weighted by Gasteiger charge is 2.26. The quantitative estimate of drug-likeness (QED) is 0.788. The zero-order valence-corrected chi connectivity index (χ0v) is 11.5. The van der Waals surface area contributed by atoms with Crippen molar-refractivity contribution in [1.82, 2.24) is 0 Å². The Balaban J connectivity index is 2.28. The van der Waals surface area contributed by atoms with Gasteiger partial charge in [-0.15, -0.1) is 0 Å². The average molecular weight is 299 g/mol. The van der Waals surface area contributed by atoms with E-state index in [2.05, 4.69) is 22.0 Å². The number of hydrogen-bond acceptors (Lipinski definition) is 3. The molecule has 0 amide bonds. The molecule has 0 heterocycles. The molecule has 0 radical (unpaired) electrons. The number of carbonyl (C=O) groups is 1. The van der Waals surface area contributed by atoms with Crippen LogP contribution in [0.15, 0.2) is 16.6 Å². The lowest BCUT2D eigenvalue weighted by Gasteiger charge is -2.23. The Morgan fingerprint density at radius 1 is 1.35 bits per heavy atom. The minimum atomic E-state index is -0.113. The van der Waals surface area contributed by atoms with Crippen LogP contribution >= 0.6 is 15.9 Å². The number of rotatable bonds is 2. The van der Waals surface area contributed by atoms with Crippen LogP contribution in [-0.2, 0) is 22.4 Å². The van der Waals surface area contributed by atoms with Gasteiger partial charge in [-0.1, -0.05) is 0 Å². The summed E-state index contributed by atoms with van der Waals surface area (Å²) < 4.78 is 11.0. The first-order valence-electron chi connectivity index (χ1n) is 5.58. The number of benzene rings is 1. The number of ether oxygens (including phenoxy) is 2. The number of esters is 1. The van der Waals surface area contributed by atoms with Crippen molar-refractivity contribution in [2.24, 2.45) is 5.92 Å². The van der Waals surface area contributed by atoms with Gasteiger partial charge in [0.1, 0.15) is 5.75 Å². The van der Waals surface area contributed by atoms with E-state index >= 15 is 0 Å². The molecule has 0 fully saturated rings. The maximum absolute atomic E-state index is 11.5. The van der Waals surface area contributed by atoms with Crippen LogP contribution in [0.1, 0.15) is 17.5 Å². The number of hydrogen-bond donors (Lipinski definition) is 0. The number of aryl methyl sites for hydroxylation is 1. The van der Waals surface area contributed by atoms with Crippen LogP contribution in [0.2, 0.25) is 0 Å². The van der Waals surface area contributed by atoms with Gasteiger partial charge in [-0.25, -0.2) is 0 Å². The van der Waals surface area contributed by atoms with Crippen molar-refractivity contribution in [3.8, 4) is 5.75 Å². The van der Waals surface area contributed by atoms with Crippen LogP contribution in [0.5, 0.6) is 5.75 Å². The largest absolute Gasteiger partial charge is 0.496 e. The molecule has 1 aromatic carbocycles. The first-order valence-corrected chi connectivity index (χ1v) is 6.38. The average Bonchev–Trinajstić information content (AvgIpc) is 2.36. The van der Waals surface area contributed by atoms with Crippen molar-refractivity contribution >= 4 is 21.9 Å². The van der Waals surface area contributed by atoms with E-state index in [1.54, 1.807) is 7.11 Å². The zero-order chi connectivity index (χ0) is 12.4. The Morgan fingerprint density at radius 2 is 2.12 bits per heavy atom. The molecule has 4 heteroatoms. The first kappa shape index (κ1) is 12.4. The molecular weight excluding hydrogens is 284 g/mol. The second-order valence-corrected chi connectivity index (χ2v) is 5.07. The SMILES string of the molecule is COC(=O)C1CCc2cc(Br)c(OC)cc2C1. The van der Waals surface area contributed by atoms with Crippen LogP contribution in [0.3, 0.4) is 0 Å². The summed E-state index contributed by atoms with van der Waals surface area (Å²) in [6.45, 7) is 0. The van der Waals surface area contributed by atoms with E-state index in [9.17, 15) is 4.79 Å². The van der Waals surface area contributed by atoms with Crippen molar-refractivity contribution in [3.05, 3.63) is 27.7 Å². The Kier molecular flexibility index (Phi) is 3.72. The third kappa shape index (κ3) is 2.46. The number of carbonyl (C=O) groups excluding carboxylic acids is 1. The van der Waals surface area contributed by atoms with E-state index in [-0.39, 0.29) is 11.9 Å². The number of halogens is 1. The fraction of sp³-hybridized carbons (Fsp3) is 0.462. The van der Waals surface area contributed by atoms with Crippen molar-refractivity contribution in [1.29, 1.82) is 0 Å². The summed E-state index contributed by atoms with van der Waals surface area (Å²) >= 11 is 3.48. The van der Waals surface area contributed by atoms with Crippen molar-refractivity contribution in [2.75, 3.05) is 14.2 Å². The standard InChI is InChI=1S/C13H15BrO3/c1-16-12-7-10-5-9(13(15)17-2)4-3-8(10)6-11(12)14/h6-7,9H,3-5H2,1-2H3. The fourth-order valence-electron chi connectivity index (χ4n) is 2.28. The predicted octanol–water partition coefficient (Wildman–Crippen LogP) is 2.74. The maximum atomic E-state index is 11.5. The maximum Gasteiger partial charge on any atom is 0.309 e. The van der Waals surface area contributed by atoms with Crippen LogP contribution in [-0.4, -0.2) is 20.2 Å². The highest BCUT2D eigenvalue weighted by atomic mass is 79.9. The molecule has 0 bridgehead atoms. The Hall–Kier alpha value is -1.03. The van der Waals surface area contributed by atoms with Crippen molar-refractivity contribution in [2.45, 2.75) is 19.3 Å². The fourth-order valence-corrected chi connectivity index (χ4v) is 2.83. The smallest absolute Gasteiger partial charge is 0.309 e. The van der Waals surface area contributed by atoms with Crippen LogP contribution in [0, 0.1) is 5.92 Å². The molecule has 0 saturated heterocycles. The second-order valence-electron chi connectivity index (χ2n) is 4.22. The topological polar surface area (TPSA) is 35.5 Å². The molecular formula is C13H15BrO3. The molecule has 3 nitrogen and oxygen atoms in total. The Morgan fingerprint density at radius 3 is 2.76 bits per heavy atom. The van der Waals surface area contributed by atoms with Gasteiger partial charge in [0.15, 0.2) is 0 Å². The van der Waals surface area contributed by atoms with E-state index in [0.29, 0.717) is 0 Å². The van der Waals surface area contributed by atoms with Gasteiger partial charge in [-0.3, -0.25) is 4.79 Å². The predicted molar refractivity (Wildman–Crippen MR) is 68.2 cm³/mol. The second kappa shape index (κ2) is 5.08. The zero-order valence-electron chi connectivity index (χ0n) is 9.96. The molecule has 0 aliphatic heterocycles. The van der Waals surface area contributed by atoms with Crippen LogP contribution in [0.4, 0.5) is 0 Å².